The average molecular weight is 214 g/mol. The Morgan fingerprint density at radius 2 is 1.62 bits per heavy atom. The number of hydrogen-bond donors (Lipinski definition) is 1. The lowest BCUT2D eigenvalue weighted by Crippen LogP contribution is -1.88. The number of pyridine rings is 1. The molecular weight excluding hydrogens is 196 g/mol. The highest BCUT2D eigenvalue weighted by molar-refractivity contribution is 5.39. The van der Waals surface area contributed by atoms with E-state index in [4.69, 9.17) is 0 Å². The Bertz CT molecular complexity index is 393. The third-order valence-corrected chi connectivity index (χ3v) is 2.14. The maximum absolute atomic E-state index is 4.09. The average Bonchev–Trinajstić information content (AvgIpc) is 2.32. The Kier molecular flexibility index (Phi) is 5.06. The predicted octanol–water partition coefficient (Wildman–Crippen LogP) is 3.43. The summed E-state index contributed by atoms with van der Waals surface area (Å²) in [6, 6.07) is 14.2. The van der Waals surface area contributed by atoms with Gasteiger partial charge in [0.2, 0.25) is 0 Å². The van der Waals surface area contributed by atoms with Crippen molar-refractivity contribution in [1.29, 1.82) is 0 Å². The summed E-state index contributed by atoms with van der Waals surface area (Å²) in [5.41, 5.74) is 3.43. The molecule has 2 aromatic rings. The third kappa shape index (κ3) is 4.60. The SMILES string of the molecule is CNc1ccc(C)nc1.Cc1ccccc1. The molecule has 0 spiro atoms. The Balaban J connectivity index is 0.000000165. The molecule has 0 amide bonds. The number of nitrogens with zero attached hydrogens (tertiary/aromatic N) is 1. The van der Waals surface area contributed by atoms with Crippen LogP contribution in [-0.4, -0.2) is 12.0 Å². The fraction of sp³-hybridized carbons (Fsp3) is 0.214. The van der Waals surface area contributed by atoms with Crippen LogP contribution >= 0.6 is 0 Å². The highest BCUT2D eigenvalue weighted by Gasteiger charge is 1.85. The molecule has 1 aromatic carbocycles. The van der Waals surface area contributed by atoms with Gasteiger partial charge in [-0.3, -0.25) is 4.98 Å². The molecule has 1 heterocycles. The minimum absolute atomic E-state index is 1.05. The Morgan fingerprint density at radius 1 is 0.938 bits per heavy atom. The van der Waals surface area contributed by atoms with Crippen molar-refractivity contribution in [3.8, 4) is 0 Å². The lowest BCUT2D eigenvalue weighted by molar-refractivity contribution is 1.20. The van der Waals surface area contributed by atoms with Gasteiger partial charge in [-0.1, -0.05) is 35.9 Å². The summed E-state index contributed by atoms with van der Waals surface area (Å²) in [6.07, 6.45) is 1.81. The highest BCUT2D eigenvalue weighted by Crippen LogP contribution is 2.02. The van der Waals surface area contributed by atoms with Crippen LogP contribution in [0.25, 0.3) is 0 Å². The zero-order chi connectivity index (χ0) is 11.8. The van der Waals surface area contributed by atoms with Crippen LogP contribution in [0.5, 0.6) is 0 Å². The molecule has 0 saturated heterocycles. The van der Waals surface area contributed by atoms with E-state index >= 15 is 0 Å². The fourth-order valence-corrected chi connectivity index (χ4v) is 1.15. The number of benzene rings is 1. The van der Waals surface area contributed by atoms with Crippen molar-refractivity contribution in [3.05, 3.63) is 59.9 Å². The summed E-state index contributed by atoms with van der Waals surface area (Å²) in [4.78, 5) is 4.09. The molecule has 0 bridgehead atoms. The molecule has 0 aliphatic carbocycles. The van der Waals surface area contributed by atoms with E-state index in [2.05, 4.69) is 29.4 Å². The first-order valence-electron chi connectivity index (χ1n) is 5.34. The van der Waals surface area contributed by atoms with E-state index in [0.717, 1.165) is 11.4 Å². The van der Waals surface area contributed by atoms with Crippen LogP contribution in [0.3, 0.4) is 0 Å². The largest absolute Gasteiger partial charge is 0.387 e. The van der Waals surface area contributed by atoms with Gasteiger partial charge in [0.05, 0.1) is 11.9 Å². The van der Waals surface area contributed by atoms with Crippen molar-refractivity contribution in [2.24, 2.45) is 0 Å². The van der Waals surface area contributed by atoms with E-state index in [0.29, 0.717) is 0 Å². The molecule has 0 saturated carbocycles. The number of nitrogens with one attached hydrogen (secondary N) is 1. The van der Waals surface area contributed by atoms with Gasteiger partial charge in [0.15, 0.2) is 0 Å². The molecule has 0 unspecified atom stereocenters. The minimum atomic E-state index is 1.05. The fourth-order valence-electron chi connectivity index (χ4n) is 1.15. The van der Waals surface area contributed by atoms with E-state index in [1.165, 1.54) is 5.56 Å². The van der Waals surface area contributed by atoms with E-state index < -0.39 is 0 Å². The van der Waals surface area contributed by atoms with Crippen molar-refractivity contribution in [3.63, 3.8) is 0 Å². The van der Waals surface area contributed by atoms with Crippen LogP contribution < -0.4 is 5.32 Å². The van der Waals surface area contributed by atoms with Crippen LogP contribution in [0.15, 0.2) is 48.7 Å². The molecule has 0 aliphatic heterocycles. The summed E-state index contributed by atoms with van der Waals surface area (Å²) >= 11 is 0. The van der Waals surface area contributed by atoms with E-state index in [1.54, 1.807) is 0 Å². The van der Waals surface area contributed by atoms with Gasteiger partial charge < -0.3 is 5.32 Å². The predicted molar refractivity (Wildman–Crippen MR) is 69.7 cm³/mol. The van der Waals surface area contributed by atoms with Gasteiger partial charge in [0, 0.05) is 12.7 Å². The summed E-state index contributed by atoms with van der Waals surface area (Å²) in [6.45, 7) is 4.06. The molecule has 0 radical (unpaired) electrons. The Labute approximate surface area is 97.4 Å². The second kappa shape index (κ2) is 6.62. The zero-order valence-electron chi connectivity index (χ0n) is 10.1. The van der Waals surface area contributed by atoms with E-state index in [-0.39, 0.29) is 0 Å². The Hall–Kier alpha value is -1.83. The summed E-state index contributed by atoms with van der Waals surface area (Å²) in [5.74, 6) is 0. The van der Waals surface area contributed by atoms with Gasteiger partial charge >= 0.3 is 0 Å². The van der Waals surface area contributed by atoms with Gasteiger partial charge in [0.25, 0.3) is 0 Å². The monoisotopic (exact) mass is 214 g/mol. The van der Waals surface area contributed by atoms with Crippen LogP contribution in [-0.2, 0) is 0 Å². The molecule has 2 rings (SSSR count). The van der Waals surface area contributed by atoms with Crippen LogP contribution in [0.4, 0.5) is 5.69 Å². The lowest BCUT2D eigenvalue weighted by atomic mass is 10.2. The molecule has 0 fully saturated rings. The van der Waals surface area contributed by atoms with Crippen molar-refractivity contribution in [1.82, 2.24) is 4.98 Å². The number of aromatic nitrogens is 1. The van der Waals surface area contributed by atoms with Gasteiger partial charge in [-0.2, -0.15) is 0 Å². The molecule has 84 valence electrons. The summed E-state index contributed by atoms with van der Waals surface area (Å²) in [5, 5.41) is 2.99. The molecule has 0 atom stereocenters. The van der Waals surface area contributed by atoms with Crippen molar-refractivity contribution in [2.45, 2.75) is 13.8 Å². The first-order valence-corrected chi connectivity index (χ1v) is 5.34. The molecule has 1 aromatic heterocycles. The van der Waals surface area contributed by atoms with Crippen molar-refractivity contribution < 1.29 is 0 Å². The molecule has 0 aliphatic rings. The van der Waals surface area contributed by atoms with Crippen LogP contribution in [0.1, 0.15) is 11.3 Å². The topological polar surface area (TPSA) is 24.9 Å². The van der Waals surface area contributed by atoms with E-state index in [9.17, 15) is 0 Å². The van der Waals surface area contributed by atoms with Crippen LogP contribution in [0, 0.1) is 13.8 Å². The molecule has 1 N–H and O–H groups in total. The van der Waals surface area contributed by atoms with Gasteiger partial charge in [-0.25, -0.2) is 0 Å². The van der Waals surface area contributed by atoms with Crippen LogP contribution in [0.2, 0.25) is 0 Å². The summed E-state index contributed by atoms with van der Waals surface area (Å²) in [7, 11) is 1.88. The smallest absolute Gasteiger partial charge is 0.0524 e. The number of anilines is 1. The third-order valence-electron chi connectivity index (χ3n) is 2.14. The first-order chi connectivity index (χ1) is 7.72. The van der Waals surface area contributed by atoms with Gasteiger partial charge in [-0.15, -0.1) is 0 Å². The second-order valence-electron chi connectivity index (χ2n) is 3.59. The van der Waals surface area contributed by atoms with Crippen molar-refractivity contribution >= 4 is 5.69 Å². The first kappa shape index (κ1) is 12.2. The standard InChI is InChI=1S/C7H10N2.C7H8/c1-6-3-4-7(8-2)5-9-6;1-7-5-3-2-4-6-7/h3-5,8H,1-2H3;2-6H,1H3. The van der Waals surface area contributed by atoms with E-state index in [1.807, 2.05) is 50.5 Å². The maximum atomic E-state index is 4.09. The lowest BCUT2D eigenvalue weighted by Gasteiger charge is -1.96. The highest BCUT2D eigenvalue weighted by atomic mass is 14.8. The minimum Gasteiger partial charge on any atom is -0.387 e. The Morgan fingerprint density at radius 3 is 2.00 bits per heavy atom. The van der Waals surface area contributed by atoms with Crippen molar-refractivity contribution in [2.75, 3.05) is 12.4 Å². The molecule has 16 heavy (non-hydrogen) atoms. The number of aryl methyl sites for hydroxylation is 2. The molecule has 2 heteroatoms. The van der Waals surface area contributed by atoms with Gasteiger partial charge in [0.1, 0.15) is 0 Å². The molecular formula is C14H18N2. The number of rotatable bonds is 1. The maximum Gasteiger partial charge on any atom is 0.0524 e. The molecule has 2 nitrogen and oxygen atoms in total. The summed E-state index contributed by atoms with van der Waals surface area (Å²) < 4.78 is 0. The number of hydrogen-bond acceptors (Lipinski definition) is 2. The quantitative estimate of drug-likeness (QED) is 0.786. The second-order valence-corrected chi connectivity index (χ2v) is 3.59. The van der Waals surface area contributed by atoms with Gasteiger partial charge in [-0.05, 0) is 26.0 Å². The normalized spacial score (nSPS) is 8.94. The zero-order valence-corrected chi connectivity index (χ0v) is 10.1.